The largest absolute Gasteiger partial charge is 0.497 e. The summed E-state index contributed by atoms with van der Waals surface area (Å²) in [6.07, 6.45) is -5.24. The zero-order valence-corrected chi connectivity index (χ0v) is 15.9. The van der Waals surface area contributed by atoms with Crippen LogP contribution in [0.3, 0.4) is 0 Å². The van der Waals surface area contributed by atoms with Crippen molar-refractivity contribution in [3.63, 3.8) is 0 Å². The number of benzene rings is 2. The number of para-hydroxylation sites is 1. The van der Waals surface area contributed by atoms with E-state index in [-0.39, 0.29) is 11.3 Å². The fourth-order valence-electron chi connectivity index (χ4n) is 2.40. The Hall–Kier alpha value is -3.27. The second-order valence-electron chi connectivity index (χ2n) is 5.99. The minimum atomic E-state index is -5.24. The number of anilines is 1. The van der Waals surface area contributed by atoms with Gasteiger partial charge in [0.1, 0.15) is 5.75 Å². The van der Waals surface area contributed by atoms with Crippen LogP contribution in [0.4, 0.5) is 18.9 Å². The highest BCUT2D eigenvalue weighted by molar-refractivity contribution is 5.98. The van der Waals surface area contributed by atoms with Crippen molar-refractivity contribution in [2.75, 3.05) is 19.6 Å². The number of methoxy groups -OCH3 is 2. The number of hydrazine groups is 1. The van der Waals surface area contributed by atoms with E-state index in [0.29, 0.717) is 11.3 Å². The number of halogens is 3. The molecule has 0 saturated heterocycles. The molecule has 0 spiro atoms. The monoisotopic (exact) mass is 411 g/mol. The third-order valence-corrected chi connectivity index (χ3v) is 4.10. The van der Waals surface area contributed by atoms with E-state index in [4.69, 9.17) is 4.74 Å². The Balaban J connectivity index is 2.38. The van der Waals surface area contributed by atoms with Gasteiger partial charge in [-0.15, -0.1) is 0 Å². The fraction of sp³-hybridized carbons (Fsp3) is 0.263. The van der Waals surface area contributed by atoms with Crippen molar-refractivity contribution >= 4 is 17.6 Å². The van der Waals surface area contributed by atoms with Crippen LogP contribution in [0.25, 0.3) is 0 Å². The Labute approximate surface area is 165 Å². The van der Waals surface area contributed by atoms with Gasteiger partial charge in [-0.1, -0.05) is 18.2 Å². The van der Waals surface area contributed by atoms with E-state index in [1.54, 1.807) is 30.4 Å². The van der Waals surface area contributed by atoms with Crippen molar-refractivity contribution in [3.05, 3.63) is 59.7 Å². The van der Waals surface area contributed by atoms with Crippen LogP contribution in [-0.2, 0) is 9.53 Å². The summed E-state index contributed by atoms with van der Waals surface area (Å²) in [6.45, 7) is 1.66. The molecular formula is C19H20F3N3O4. The van der Waals surface area contributed by atoms with Gasteiger partial charge in [-0.05, 0) is 42.8 Å². The topological polar surface area (TPSA) is 88.7 Å². The van der Waals surface area contributed by atoms with Gasteiger partial charge in [0.15, 0.2) is 0 Å². The maximum absolute atomic E-state index is 14.0. The van der Waals surface area contributed by atoms with Crippen molar-refractivity contribution in [1.82, 2.24) is 10.7 Å². The number of amides is 1. The van der Waals surface area contributed by atoms with Crippen molar-refractivity contribution in [2.45, 2.75) is 18.8 Å². The SMILES string of the molecule is COC(=O)[C@](NNc1ccccc1C)(NC(=O)c1ccc(OC)cc1)C(F)(F)F. The molecule has 156 valence electrons. The molecule has 0 aliphatic heterocycles. The average molecular weight is 411 g/mol. The summed E-state index contributed by atoms with van der Waals surface area (Å²) < 4.78 is 51.2. The molecule has 0 aromatic heterocycles. The number of carbonyl (C=O) groups is 2. The molecule has 0 unspecified atom stereocenters. The van der Waals surface area contributed by atoms with Gasteiger partial charge in [0.05, 0.1) is 19.9 Å². The first-order valence-electron chi connectivity index (χ1n) is 8.35. The molecule has 2 rings (SSSR count). The van der Waals surface area contributed by atoms with E-state index in [9.17, 15) is 22.8 Å². The summed E-state index contributed by atoms with van der Waals surface area (Å²) in [7, 11) is 2.19. The number of aryl methyl sites for hydroxylation is 1. The lowest BCUT2D eigenvalue weighted by molar-refractivity contribution is -0.215. The molecule has 29 heavy (non-hydrogen) atoms. The number of carbonyl (C=O) groups excluding carboxylic acids is 2. The maximum Gasteiger partial charge on any atom is 0.438 e. The Morgan fingerprint density at radius 3 is 2.10 bits per heavy atom. The first-order chi connectivity index (χ1) is 13.6. The van der Waals surface area contributed by atoms with Crippen LogP contribution >= 0.6 is 0 Å². The molecule has 3 N–H and O–H groups in total. The second-order valence-corrected chi connectivity index (χ2v) is 5.99. The van der Waals surface area contributed by atoms with Crippen LogP contribution in [0.5, 0.6) is 5.75 Å². The molecule has 0 aliphatic carbocycles. The third kappa shape index (κ3) is 4.77. The van der Waals surface area contributed by atoms with E-state index in [0.717, 1.165) is 7.11 Å². The highest BCUT2D eigenvalue weighted by Crippen LogP contribution is 2.30. The highest BCUT2D eigenvalue weighted by atomic mass is 19.4. The van der Waals surface area contributed by atoms with Gasteiger partial charge in [0.2, 0.25) is 0 Å². The highest BCUT2D eigenvalue weighted by Gasteiger charge is 2.63. The van der Waals surface area contributed by atoms with E-state index in [1.165, 1.54) is 37.4 Å². The van der Waals surface area contributed by atoms with Crippen LogP contribution in [-0.4, -0.2) is 37.9 Å². The Morgan fingerprint density at radius 2 is 1.59 bits per heavy atom. The lowest BCUT2D eigenvalue weighted by atomic mass is 10.1. The minimum absolute atomic E-state index is 0.110. The van der Waals surface area contributed by atoms with Crippen molar-refractivity contribution in [1.29, 1.82) is 0 Å². The number of hydrogen-bond acceptors (Lipinski definition) is 6. The first-order valence-corrected chi connectivity index (χ1v) is 8.35. The van der Waals surface area contributed by atoms with Crippen molar-refractivity contribution in [2.24, 2.45) is 0 Å². The predicted octanol–water partition coefficient (Wildman–Crippen LogP) is 2.78. The van der Waals surface area contributed by atoms with E-state index in [2.05, 4.69) is 10.2 Å². The van der Waals surface area contributed by atoms with Gasteiger partial charge >= 0.3 is 17.8 Å². The number of esters is 1. The third-order valence-electron chi connectivity index (χ3n) is 4.10. The van der Waals surface area contributed by atoms with Gasteiger partial charge in [-0.25, -0.2) is 4.79 Å². The molecule has 2 aromatic carbocycles. The lowest BCUT2D eigenvalue weighted by Gasteiger charge is -2.34. The average Bonchev–Trinajstić information content (AvgIpc) is 2.70. The maximum atomic E-state index is 14.0. The van der Waals surface area contributed by atoms with Crippen LogP contribution in [0, 0.1) is 6.92 Å². The molecule has 1 amide bonds. The van der Waals surface area contributed by atoms with Crippen molar-refractivity contribution < 1.29 is 32.2 Å². The summed E-state index contributed by atoms with van der Waals surface area (Å²) in [5.74, 6) is -2.47. The smallest absolute Gasteiger partial charge is 0.438 e. The van der Waals surface area contributed by atoms with Crippen LogP contribution in [0.2, 0.25) is 0 Å². The summed E-state index contributed by atoms with van der Waals surface area (Å²) in [6, 6.07) is 11.8. The summed E-state index contributed by atoms with van der Waals surface area (Å²) in [5.41, 5.74) is 1.49. The second kappa shape index (κ2) is 8.82. The molecule has 10 heteroatoms. The van der Waals surface area contributed by atoms with Gasteiger partial charge < -0.3 is 20.2 Å². The molecule has 0 bridgehead atoms. The number of ether oxygens (including phenoxy) is 2. The summed E-state index contributed by atoms with van der Waals surface area (Å²) >= 11 is 0. The Bertz CT molecular complexity index is 872. The lowest BCUT2D eigenvalue weighted by Crippen LogP contribution is -2.73. The van der Waals surface area contributed by atoms with Crippen molar-refractivity contribution in [3.8, 4) is 5.75 Å². The van der Waals surface area contributed by atoms with Crippen LogP contribution in [0.15, 0.2) is 48.5 Å². The minimum Gasteiger partial charge on any atom is -0.497 e. The zero-order valence-electron chi connectivity index (χ0n) is 15.9. The molecule has 0 radical (unpaired) electrons. The predicted molar refractivity (Wildman–Crippen MR) is 99.2 cm³/mol. The molecule has 0 saturated carbocycles. The molecule has 1 atom stereocenters. The van der Waals surface area contributed by atoms with Gasteiger partial charge in [-0.3, -0.25) is 4.79 Å². The Morgan fingerprint density at radius 1 is 0.966 bits per heavy atom. The summed E-state index contributed by atoms with van der Waals surface area (Å²) in [4.78, 5) is 24.7. The van der Waals surface area contributed by atoms with Crippen LogP contribution < -0.4 is 20.9 Å². The van der Waals surface area contributed by atoms with Gasteiger partial charge in [0, 0.05) is 5.56 Å². The Kier molecular flexibility index (Phi) is 6.70. The molecule has 0 aliphatic rings. The van der Waals surface area contributed by atoms with Gasteiger partial charge in [0.25, 0.3) is 5.91 Å². The molecule has 0 heterocycles. The standard InChI is InChI=1S/C19H20F3N3O4/c1-12-6-4-5-7-15(12)24-25-18(17(27)29-3,19(20,21)22)23-16(26)13-8-10-14(28-2)11-9-13/h4-11,24-25H,1-3H3,(H,23,26)/t18-/m1/s1. The molecule has 2 aromatic rings. The molecule has 0 fully saturated rings. The molecular weight excluding hydrogens is 391 g/mol. The van der Waals surface area contributed by atoms with E-state index in [1.807, 2.05) is 5.43 Å². The number of nitrogens with one attached hydrogen (secondary N) is 3. The number of hydrogen-bond donors (Lipinski definition) is 3. The quantitative estimate of drug-likeness (QED) is 0.369. The fourth-order valence-corrected chi connectivity index (χ4v) is 2.40. The first kappa shape index (κ1) is 22.0. The zero-order chi connectivity index (χ0) is 21.7. The molecule has 7 nitrogen and oxygen atoms in total. The summed E-state index contributed by atoms with van der Waals surface area (Å²) in [5, 5.41) is 1.71. The van der Waals surface area contributed by atoms with E-state index < -0.39 is 23.7 Å². The normalized spacial score (nSPS) is 13.2. The number of rotatable bonds is 7. The van der Waals surface area contributed by atoms with E-state index >= 15 is 0 Å². The number of alkyl halides is 3. The van der Waals surface area contributed by atoms with Gasteiger partial charge in [-0.2, -0.15) is 18.6 Å². The van der Waals surface area contributed by atoms with Crippen LogP contribution in [0.1, 0.15) is 15.9 Å².